The van der Waals surface area contributed by atoms with E-state index in [1.54, 1.807) is 0 Å². The minimum Gasteiger partial charge on any atom is -0.346 e. The topological polar surface area (TPSA) is 18.5 Å². The molecule has 86 valence electrons. The van der Waals surface area contributed by atoms with E-state index in [4.69, 9.17) is 9.47 Å². The van der Waals surface area contributed by atoms with Gasteiger partial charge in [-0.2, -0.15) is 0 Å². The molecule has 2 heteroatoms. The molecule has 1 fully saturated rings. The highest BCUT2D eigenvalue weighted by molar-refractivity contribution is 5.11. The molecule has 2 rings (SSSR count). The zero-order chi connectivity index (χ0) is 10.9. The Morgan fingerprint density at radius 2 is 1.87 bits per heavy atom. The van der Waals surface area contributed by atoms with Crippen molar-refractivity contribution in [2.45, 2.75) is 46.3 Å². The van der Waals surface area contributed by atoms with Gasteiger partial charge < -0.3 is 9.47 Å². The van der Waals surface area contributed by atoms with Crippen LogP contribution in [0.15, 0.2) is 11.6 Å². The van der Waals surface area contributed by atoms with Gasteiger partial charge in [-0.15, -0.1) is 0 Å². The van der Waals surface area contributed by atoms with Crippen LogP contribution in [0.2, 0.25) is 0 Å². The van der Waals surface area contributed by atoms with Crippen LogP contribution < -0.4 is 0 Å². The Labute approximate surface area is 92.6 Å². The summed E-state index contributed by atoms with van der Waals surface area (Å²) in [5, 5.41) is 0. The second kappa shape index (κ2) is 4.26. The largest absolute Gasteiger partial charge is 0.346 e. The van der Waals surface area contributed by atoms with Crippen molar-refractivity contribution in [3.63, 3.8) is 0 Å². The molecule has 0 amide bonds. The number of rotatable bonds is 1. The summed E-state index contributed by atoms with van der Waals surface area (Å²) in [5.41, 5.74) is 1.77. The number of ether oxygens (including phenoxy) is 2. The quantitative estimate of drug-likeness (QED) is 0.619. The number of hydrogen-bond acceptors (Lipinski definition) is 2. The van der Waals surface area contributed by atoms with Crippen LogP contribution in [0, 0.1) is 11.3 Å². The van der Waals surface area contributed by atoms with Crippen LogP contribution in [0.25, 0.3) is 0 Å². The molecule has 0 bridgehead atoms. The van der Waals surface area contributed by atoms with Gasteiger partial charge in [0.2, 0.25) is 0 Å². The molecule has 1 unspecified atom stereocenters. The van der Waals surface area contributed by atoms with Crippen molar-refractivity contribution >= 4 is 0 Å². The van der Waals surface area contributed by atoms with Crippen molar-refractivity contribution in [2.24, 2.45) is 11.3 Å². The second-order valence-corrected chi connectivity index (χ2v) is 5.70. The van der Waals surface area contributed by atoms with Crippen molar-refractivity contribution in [3.05, 3.63) is 11.6 Å². The van der Waals surface area contributed by atoms with Crippen LogP contribution >= 0.6 is 0 Å². The summed E-state index contributed by atoms with van der Waals surface area (Å²) < 4.78 is 11.1. The van der Waals surface area contributed by atoms with Crippen molar-refractivity contribution in [2.75, 3.05) is 13.2 Å². The Balaban J connectivity index is 1.99. The Morgan fingerprint density at radius 3 is 2.47 bits per heavy atom. The molecule has 1 atom stereocenters. The van der Waals surface area contributed by atoms with Crippen LogP contribution in [0.4, 0.5) is 0 Å². The van der Waals surface area contributed by atoms with E-state index in [1.807, 2.05) is 0 Å². The van der Waals surface area contributed by atoms with Crippen molar-refractivity contribution in [1.82, 2.24) is 0 Å². The molecule has 1 heterocycles. The Morgan fingerprint density at radius 1 is 1.20 bits per heavy atom. The van der Waals surface area contributed by atoms with Crippen LogP contribution in [0.3, 0.4) is 0 Å². The van der Waals surface area contributed by atoms with Gasteiger partial charge in [0.15, 0.2) is 6.29 Å². The Hall–Kier alpha value is -0.340. The lowest BCUT2D eigenvalue weighted by Gasteiger charge is -2.34. The molecule has 0 spiro atoms. The summed E-state index contributed by atoms with van der Waals surface area (Å²) in [6.07, 6.45) is 5.92. The molecule has 0 aromatic carbocycles. The number of allylic oxidation sites excluding steroid dienone is 1. The van der Waals surface area contributed by atoms with Gasteiger partial charge >= 0.3 is 0 Å². The summed E-state index contributed by atoms with van der Waals surface area (Å²) >= 11 is 0. The van der Waals surface area contributed by atoms with Crippen LogP contribution in [0.1, 0.15) is 40.0 Å². The normalized spacial score (nSPS) is 29.3. The molecule has 1 aliphatic heterocycles. The molecule has 1 saturated heterocycles. The molecular formula is C13H22O2. The first-order valence-corrected chi connectivity index (χ1v) is 5.99. The SMILES string of the molecule is CC(C)(C)C1CCC=C(C2OCCO2)C1. The number of hydrogen-bond donors (Lipinski definition) is 0. The van der Waals surface area contributed by atoms with E-state index in [0.717, 1.165) is 25.6 Å². The van der Waals surface area contributed by atoms with Gasteiger partial charge in [0, 0.05) is 0 Å². The maximum Gasteiger partial charge on any atom is 0.179 e. The van der Waals surface area contributed by atoms with Gasteiger partial charge in [0.1, 0.15) is 0 Å². The molecule has 0 N–H and O–H groups in total. The van der Waals surface area contributed by atoms with Gasteiger partial charge in [-0.3, -0.25) is 0 Å². The second-order valence-electron chi connectivity index (χ2n) is 5.70. The molecule has 0 radical (unpaired) electrons. The average Bonchev–Trinajstić information content (AvgIpc) is 2.69. The third-order valence-corrected chi connectivity index (χ3v) is 3.55. The standard InChI is InChI=1S/C13H22O2/c1-13(2,3)11-6-4-5-10(9-11)12-14-7-8-15-12/h5,11-12H,4,6-9H2,1-3H3. The first-order chi connectivity index (χ1) is 7.07. The van der Waals surface area contributed by atoms with Gasteiger partial charge in [-0.25, -0.2) is 0 Å². The zero-order valence-corrected chi connectivity index (χ0v) is 10.1. The van der Waals surface area contributed by atoms with Crippen LogP contribution in [0.5, 0.6) is 0 Å². The van der Waals surface area contributed by atoms with Gasteiger partial charge in [-0.1, -0.05) is 26.8 Å². The summed E-state index contributed by atoms with van der Waals surface area (Å²) in [7, 11) is 0. The lowest BCUT2D eigenvalue weighted by molar-refractivity contribution is -0.0183. The maximum atomic E-state index is 5.56. The fourth-order valence-corrected chi connectivity index (χ4v) is 2.44. The monoisotopic (exact) mass is 210 g/mol. The van der Waals surface area contributed by atoms with E-state index in [2.05, 4.69) is 26.8 Å². The van der Waals surface area contributed by atoms with E-state index >= 15 is 0 Å². The van der Waals surface area contributed by atoms with Gasteiger partial charge in [-0.05, 0) is 36.2 Å². The summed E-state index contributed by atoms with van der Waals surface area (Å²) in [5.74, 6) is 0.769. The Kier molecular flexibility index (Phi) is 3.17. The molecule has 0 aromatic rings. The minimum atomic E-state index is -0.0323. The van der Waals surface area contributed by atoms with E-state index in [9.17, 15) is 0 Å². The lowest BCUT2D eigenvalue weighted by Crippen LogP contribution is -2.26. The third kappa shape index (κ3) is 2.61. The lowest BCUT2D eigenvalue weighted by atomic mass is 9.72. The van der Waals surface area contributed by atoms with E-state index < -0.39 is 0 Å². The highest BCUT2D eigenvalue weighted by atomic mass is 16.7. The fraction of sp³-hybridized carbons (Fsp3) is 0.846. The smallest absolute Gasteiger partial charge is 0.179 e. The van der Waals surface area contributed by atoms with Gasteiger partial charge in [0.25, 0.3) is 0 Å². The molecule has 0 aromatic heterocycles. The highest BCUT2D eigenvalue weighted by Crippen LogP contribution is 2.39. The van der Waals surface area contributed by atoms with Gasteiger partial charge in [0.05, 0.1) is 13.2 Å². The molecule has 2 nitrogen and oxygen atoms in total. The van der Waals surface area contributed by atoms with Crippen LogP contribution in [-0.2, 0) is 9.47 Å². The van der Waals surface area contributed by atoms with Crippen molar-refractivity contribution in [3.8, 4) is 0 Å². The van der Waals surface area contributed by atoms with E-state index in [-0.39, 0.29) is 6.29 Å². The molecule has 2 aliphatic rings. The predicted octanol–water partition coefficient (Wildman–Crippen LogP) is 3.13. The van der Waals surface area contributed by atoms with E-state index in [1.165, 1.54) is 18.4 Å². The fourth-order valence-electron chi connectivity index (χ4n) is 2.44. The summed E-state index contributed by atoms with van der Waals surface area (Å²) in [6.45, 7) is 8.50. The summed E-state index contributed by atoms with van der Waals surface area (Å²) in [6, 6.07) is 0. The zero-order valence-electron chi connectivity index (χ0n) is 10.1. The minimum absolute atomic E-state index is 0.0323. The third-order valence-electron chi connectivity index (χ3n) is 3.55. The maximum absolute atomic E-state index is 5.56. The Bertz CT molecular complexity index is 244. The first-order valence-electron chi connectivity index (χ1n) is 5.99. The van der Waals surface area contributed by atoms with Crippen molar-refractivity contribution in [1.29, 1.82) is 0 Å². The molecule has 0 saturated carbocycles. The van der Waals surface area contributed by atoms with Crippen molar-refractivity contribution < 1.29 is 9.47 Å². The molecule has 15 heavy (non-hydrogen) atoms. The molecular weight excluding hydrogens is 188 g/mol. The van der Waals surface area contributed by atoms with E-state index in [0.29, 0.717) is 5.41 Å². The first kappa shape index (κ1) is 11.2. The molecule has 1 aliphatic carbocycles. The average molecular weight is 210 g/mol. The predicted molar refractivity (Wildman–Crippen MR) is 60.6 cm³/mol. The highest BCUT2D eigenvalue weighted by Gasteiger charge is 2.31. The summed E-state index contributed by atoms with van der Waals surface area (Å²) in [4.78, 5) is 0. The van der Waals surface area contributed by atoms with Crippen LogP contribution in [-0.4, -0.2) is 19.5 Å².